The van der Waals surface area contributed by atoms with E-state index >= 15 is 0 Å². The topological polar surface area (TPSA) is 66.4 Å². The minimum absolute atomic E-state index is 0.00311. The third-order valence-corrected chi connectivity index (χ3v) is 7.61. The third-order valence-electron chi connectivity index (χ3n) is 6.24. The number of piperidine rings is 1. The van der Waals surface area contributed by atoms with Gasteiger partial charge < -0.3 is 9.80 Å². The first-order valence-corrected chi connectivity index (χ1v) is 12.1. The second-order valence-corrected chi connectivity index (χ2v) is 9.88. The second-order valence-electron chi connectivity index (χ2n) is 8.43. The minimum Gasteiger partial charge on any atom is -0.342 e. The van der Waals surface area contributed by atoms with Gasteiger partial charge in [-0.05, 0) is 49.2 Å². The zero-order valence-electron chi connectivity index (χ0n) is 17.8. The van der Waals surface area contributed by atoms with Crippen LogP contribution >= 0.6 is 22.9 Å². The third kappa shape index (κ3) is 4.50. The van der Waals surface area contributed by atoms with Crippen LogP contribution in [-0.4, -0.2) is 46.5 Å². The monoisotopic (exact) mass is 484 g/mol. The molecule has 6 nitrogen and oxygen atoms in total. The molecular weight excluding hydrogens is 463 g/mol. The Morgan fingerprint density at radius 3 is 2.67 bits per heavy atom. The van der Waals surface area contributed by atoms with Gasteiger partial charge in [-0.3, -0.25) is 9.59 Å². The van der Waals surface area contributed by atoms with Crippen LogP contribution < -0.4 is 4.90 Å². The summed E-state index contributed by atoms with van der Waals surface area (Å²) < 4.78 is 14.1. The Morgan fingerprint density at radius 1 is 1.09 bits per heavy atom. The molecule has 0 aliphatic carbocycles. The molecular formula is C24H22ClFN4O2S. The number of amides is 2. The fourth-order valence-corrected chi connectivity index (χ4v) is 5.65. The van der Waals surface area contributed by atoms with Gasteiger partial charge in [0, 0.05) is 48.2 Å². The molecule has 0 radical (unpaired) electrons. The average Bonchev–Trinajstić information content (AvgIpc) is 3.47. The lowest BCUT2D eigenvalue weighted by Gasteiger charge is -2.33. The number of hydrogen-bond donors (Lipinski definition) is 0. The maximum atomic E-state index is 14.1. The number of carbonyl (C=O) groups excluding carboxylic acids is 2. The van der Waals surface area contributed by atoms with Crippen molar-refractivity contribution < 1.29 is 14.0 Å². The molecule has 1 aromatic heterocycles. The Hall–Kier alpha value is -2.84. The van der Waals surface area contributed by atoms with Crippen LogP contribution in [0.5, 0.6) is 0 Å². The number of likely N-dealkylation sites (tertiary alicyclic amines) is 1. The van der Waals surface area contributed by atoms with Crippen molar-refractivity contribution in [2.75, 3.05) is 24.5 Å². The molecule has 0 spiro atoms. The lowest BCUT2D eigenvalue weighted by atomic mass is 9.97. The highest BCUT2D eigenvalue weighted by atomic mass is 35.5. The standard InChI is InChI=1S/C24H22ClFN4O2S/c25-17-7-9-18(10-8-17)30-14-16(12-21(30)31)24(32)29-11-3-4-15(13-29)22-27-28-23(33-22)19-5-1-2-6-20(19)26/h1-2,5-10,15-16H,3-4,11-14H2/t15-,16-/m1/s1. The number of hydrogen-bond acceptors (Lipinski definition) is 5. The van der Waals surface area contributed by atoms with Gasteiger partial charge in [-0.15, -0.1) is 10.2 Å². The van der Waals surface area contributed by atoms with Crippen molar-refractivity contribution in [2.45, 2.75) is 25.2 Å². The average molecular weight is 485 g/mol. The highest BCUT2D eigenvalue weighted by molar-refractivity contribution is 7.14. The summed E-state index contributed by atoms with van der Waals surface area (Å²) in [6.07, 6.45) is 1.96. The van der Waals surface area contributed by atoms with Crippen LogP contribution in [0.25, 0.3) is 10.6 Å². The summed E-state index contributed by atoms with van der Waals surface area (Å²) in [5.41, 5.74) is 1.20. The predicted octanol–water partition coefficient (Wildman–Crippen LogP) is 4.76. The van der Waals surface area contributed by atoms with E-state index in [1.165, 1.54) is 17.4 Å². The molecule has 3 heterocycles. The molecule has 2 aromatic carbocycles. The van der Waals surface area contributed by atoms with Crippen LogP contribution in [0.1, 0.15) is 30.2 Å². The van der Waals surface area contributed by atoms with Crippen molar-refractivity contribution in [3.63, 3.8) is 0 Å². The lowest BCUT2D eigenvalue weighted by molar-refractivity contribution is -0.137. The van der Waals surface area contributed by atoms with Crippen molar-refractivity contribution in [3.8, 4) is 10.6 Å². The number of carbonyl (C=O) groups is 2. The Kier molecular flexibility index (Phi) is 6.12. The minimum atomic E-state index is -0.365. The van der Waals surface area contributed by atoms with Crippen molar-refractivity contribution in [3.05, 3.63) is 64.4 Å². The predicted molar refractivity (Wildman–Crippen MR) is 126 cm³/mol. The van der Waals surface area contributed by atoms with Crippen molar-refractivity contribution in [2.24, 2.45) is 5.92 Å². The number of benzene rings is 2. The number of rotatable bonds is 4. The van der Waals surface area contributed by atoms with Crippen molar-refractivity contribution in [1.82, 2.24) is 15.1 Å². The van der Waals surface area contributed by atoms with Crippen LogP contribution in [0.2, 0.25) is 5.02 Å². The Bertz CT molecular complexity index is 1190. The van der Waals surface area contributed by atoms with Crippen LogP contribution in [-0.2, 0) is 9.59 Å². The number of halogens is 2. The van der Waals surface area contributed by atoms with E-state index in [-0.39, 0.29) is 35.9 Å². The second kappa shape index (κ2) is 9.19. The molecule has 5 rings (SSSR count). The summed E-state index contributed by atoms with van der Waals surface area (Å²) in [5.74, 6) is -0.677. The molecule has 3 aromatic rings. The maximum Gasteiger partial charge on any atom is 0.228 e. The molecule has 0 bridgehead atoms. The molecule has 0 saturated carbocycles. The molecule has 33 heavy (non-hydrogen) atoms. The molecule has 2 aliphatic heterocycles. The van der Waals surface area contributed by atoms with Crippen LogP contribution in [0.3, 0.4) is 0 Å². The fraction of sp³-hybridized carbons (Fsp3) is 0.333. The molecule has 0 N–H and O–H groups in total. The first-order chi connectivity index (χ1) is 16.0. The summed E-state index contributed by atoms with van der Waals surface area (Å²) in [7, 11) is 0. The molecule has 2 atom stereocenters. The number of nitrogens with zero attached hydrogens (tertiary/aromatic N) is 4. The highest BCUT2D eigenvalue weighted by Crippen LogP contribution is 2.35. The number of aromatic nitrogens is 2. The van der Waals surface area contributed by atoms with Gasteiger partial charge in [0.05, 0.1) is 5.92 Å². The smallest absolute Gasteiger partial charge is 0.228 e. The summed E-state index contributed by atoms with van der Waals surface area (Å²) in [5, 5.41) is 10.5. The van der Waals surface area contributed by atoms with Gasteiger partial charge in [0.25, 0.3) is 0 Å². The first-order valence-electron chi connectivity index (χ1n) is 10.9. The largest absolute Gasteiger partial charge is 0.342 e. The van der Waals surface area contributed by atoms with Gasteiger partial charge in [0.2, 0.25) is 11.8 Å². The summed E-state index contributed by atoms with van der Waals surface area (Å²) >= 11 is 7.33. The quantitative estimate of drug-likeness (QED) is 0.535. The van der Waals surface area contributed by atoms with Gasteiger partial charge in [-0.1, -0.05) is 35.1 Å². The Balaban J connectivity index is 1.26. The van der Waals surface area contributed by atoms with E-state index < -0.39 is 0 Å². The molecule has 2 amide bonds. The van der Waals surface area contributed by atoms with E-state index in [4.69, 9.17) is 11.6 Å². The SMILES string of the molecule is O=C([C@@H]1CC(=O)N(c2ccc(Cl)cc2)C1)N1CCC[C@@H](c2nnc(-c3ccccc3F)s2)C1. The van der Waals surface area contributed by atoms with E-state index in [1.807, 2.05) is 4.90 Å². The lowest BCUT2D eigenvalue weighted by Crippen LogP contribution is -2.43. The zero-order chi connectivity index (χ0) is 22.9. The normalized spacial score (nSPS) is 21.0. The summed E-state index contributed by atoms with van der Waals surface area (Å²) in [4.78, 5) is 29.4. The van der Waals surface area contributed by atoms with E-state index in [2.05, 4.69) is 10.2 Å². The molecule has 2 aliphatic rings. The van der Waals surface area contributed by atoms with E-state index in [9.17, 15) is 14.0 Å². The molecule has 9 heteroatoms. The summed E-state index contributed by atoms with van der Waals surface area (Å²) in [6, 6.07) is 13.6. The molecule has 170 valence electrons. The van der Waals surface area contributed by atoms with E-state index in [0.29, 0.717) is 35.2 Å². The maximum absolute atomic E-state index is 14.1. The molecule has 0 unspecified atom stereocenters. The van der Waals surface area contributed by atoms with Gasteiger partial charge in [-0.25, -0.2) is 4.39 Å². The van der Waals surface area contributed by atoms with Crippen LogP contribution in [0.4, 0.5) is 10.1 Å². The first kappa shape index (κ1) is 22.0. The fourth-order valence-electron chi connectivity index (χ4n) is 4.52. The Labute approximate surface area is 200 Å². The zero-order valence-corrected chi connectivity index (χ0v) is 19.4. The number of anilines is 1. The van der Waals surface area contributed by atoms with Crippen molar-refractivity contribution >= 4 is 40.4 Å². The van der Waals surface area contributed by atoms with Gasteiger partial charge in [-0.2, -0.15) is 0 Å². The van der Waals surface area contributed by atoms with Gasteiger partial charge >= 0.3 is 0 Å². The van der Waals surface area contributed by atoms with Crippen LogP contribution in [0.15, 0.2) is 48.5 Å². The van der Waals surface area contributed by atoms with E-state index in [0.717, 1.165) is 23.5 Å². The van der Waals surface area contributed by atoms with Gasteiger partial charge in [0.1, 0.15) is 10.8 Å². The molecule has 2 fully saturated rings. The Morgan fingerprint density at radius 2 is 1.88 bits per heavy atom. The van der Waals surface area contributed by atoms with Crippen molar-refractivity contribution in [1.29, 1.82) is 0 Å². The van der Waals surface area contributed by atoms with Gasteiger partial charge in [0.15, 0.2) is 5.01 Å². The van der Waals surface area contributed by atoms with Crippen LogP contribution in [0, 0.1) is 11.7 Å². The van der Waals surface area contributed by atoms with E-state index in [1.54, 1.807) is 47.4 Å². The highest BCUT2D eigenvalue weighted by Gasteiger charge is 2.39. The summed E-state index contributed by atoms with van der Waals surface area (Å²) in [6.45, 7) is 1.58. The molecule has 2 saturated heterocycles.